The van der Waals surface area contributed by atoms with Crippen LogP contribution in [0, 0.1) is 12.8 Å². The smallest absolute Gasteiger partial charge is 0.241 e. The van der Waals surface area contributed by atoms with Gasteiger partial charge in [-0.25, -0.2) is 0 Å². The second-order valence-corrected chi connectivity index (χ2v) is 5.62. The van der Waals surface area contributed by atoms with Crippen molar-refractivity contribution < 1.29 is 9.53 Å². The molecule has 0 spiro atoms. The second-order valence-electron chi connectivity index (χ2n) is 5.62. The van der Waals surface area contributed by atoms with E-state index in [4.69, 9.17) is 4.74 Å². The van der Waals surface area contributed by atoms with Crippen LogP contribution in [0.4, 0.5) is 5.69 Å². The Labute approximate surface area is 121 Å². The molecule has 0 unspecified atom stereocenters. The predicted octanol–water partition coefficient (Wildman–Crippen LogP) is 2.67. The van der Waals surface area contributed by atoms with E-state index in [1.165, 1.54) is 0 Å². The van der Waals surface area contributed by atoms with Crippen molar-refractivity contribution in [3.8, 4) is 5.75 Å². The molecule has 0 atom stereocenters. The summed E-state index contributed by atoms with van der Waals surface area (Å²) in [4.78, 5) is 14.1. The Morgan fingerprint density at radius 3 is 2.75 bits per heavy atom. The van der Waals surface area contributed by atoms with Crippen LogP contribution in [0.5, 0.6) is 5.75 Å². The fourth-order valence-electron chi connectivity index (χ4n) is 2.50. The number of amides is 1. The summed E-state index contributed by atoms with van der Waals surface area (Å²) < 4.78 is 5.30. The number of methoxy groups -OCH3 is 1. The fraction of sp³-hybridized carbons (Fsp3) is 0.562. The first kappa shape index (κ1) is 14.7. The maximum atomic E-state index is 12.2. The molecule has 0 bridgehead atoms. The number of anilines is 1. The standard InChI is InChI=1S/C16H24N2O2/c1-12-6-8-18(9-7-12)16(19)11-17-14-10-13(2)4-5-15(14)20-3/h4-5,10,12,17H,6-9,11H2,1-3H3. The van der Waals surface area contributed by atoms with Crippen molar-refractivity contribution in [2.75, 3.05) is 32.1 Å². The molecule has 1 aromatic rings. The Hall–Kier alpha value is -1.71. The molecule has 0 radical (unpaired) electrons. The Kier molecular flexibility index (Phi) is 4.88. The zero-order valence-corrected chi connectivity index (χ0v) is 12.6. The van der Waals surface area contributed by atoms with Crippen LogP contribution in [-0.4, -0.2) is 37.6 Å². The van der Waals surface area contributed by atoms with Crippen LogP contribution in [0.2, 0.25) is 0 Å². The summed E-state index contributed by atoms with van der Waals surface area (Å²) in [7, 11) is 1.64. The van der Waals surface area contributed by atoms with E-state index in [0.29, 0.717) is 6.54 Å². The topological polar surface area (TPSA) is 41.6 Å². The fourth-order valence-corrected chi connectivity index (χ4v) is 2.50. The highest BCUT2D eigenvalue weighted by molar-refractivity contribution is 5.81. The number of carbonyl (C=O) groups is 1. The first-order valence-electron chi connectivity index (χ1n) is 7.26. The average molecular weight is 276 g/mol. The summed E-state index contributed by atoms with van der Waals surface area (Å²) in [5, 5.41) is 3.20. The van der Waals surface area contributed by atoms with Gasteiger partial charge in [-0.2, -0.15) is 0 Å². The molecule has 1 aliphatic heterocycles. The minimum absolute atomic E-state index is 0.167. The number of benzene rings is 1. The van der Waals surface area contributed by atoms with E-state index in [9.17, 15) is 4.79 Å². The molecule has 2 rings (SSSR count). The number of piperidine rings is 1. The van der Waals surface area contributed by atoms with Crippen LogP contribution >= 0.6 is 0 Å². The number of ether oxygens (including phenoxy) is 1. The Bertz CT molecular complexity index is 466. The van der Waals surface area contributed by atoms with Crippen LogP contribution < -0.4 is 10.1 Å². The van der Waals surface area contributed by atoms with Crippen molar-refractivity contribution in [3.05, 3.63) is 23.8 Å². The third-order valence-electron chi connectivity index (χ3n) is 3.92. The number of hydrogen-bond donors (Lipinski definition) is 1. The Balaban J connectivity index is 1.91. The maximum Gasteiger partial charge on any atom is 0.241 e. The van der Waals surface area contributed by atoms with Gasteiger partial charge >= 0.3 is 0 Å². The van der Waals surface area contributed by atoms with Crippen molar-refractivity contribution in [2.24, 2.45) is 5.92 Å². The number of nitrogens with zero attached hydrogens (tertiary/aromatic N) is 1. The molecule has 0 aromatic heterocycles. The van der Waals surface area contributed by atoms with Gasteiger partial charge in [0.15, 0.2) is 0 Å². The van der Waals surface area contributed by atoms with Crippen molar-refractivity contribution in [1.82, 2.24) is 4.90 Å². The lowest BCUT2D eigenvalue weighted by Crippen LogP contribution is -2.40. The second kappa shape index (κ2) is 6.64. The van der Waals surface area contributed by atoms with E-state index in [0.717, 1.165) is 48.8 Å². The molecule has 1 aliphatic rings. The minimum atomic E-state index is 0.167. The van der Waals surface area contributed by atoms with E-state index in [2.05, 4.69) is 12.2 Å². The molecule has 1 N–H and O–H groups in total. The lowest BCUT2D eigenvalue weighted by Gasteiger charge is -2.30. The summed E-state index contributed by atoms with van der Waals surface area (Å²) >= 11 is 0. The molecule has 4 nitrogen and oxygen atoms in total. The molecule has 110 valence electrons. The first-order chi connectivity index (χ1) is 9.60. The molecule has 4 heteroatoms. The molecular weight excluding hydrogens is 252 g/mol. The van der Waals surface area contributed by atoms with E-state index in [1.807, 2.05) is 30.0 Å². The van der Waals surface area contributed by atoms with Crippen LogP contribution in [0.3, 0.4) is 0 Å². The highest BCUT2D eigenvalue weighted by Gasteiger charge is 2.20. The van der Waals surface area contributed by atoms with Gasteiger partial charge in [0.25, 0.3) is 0 Å². The van der Waals surface area contributed by atoms with E-state index in [-0.39, 0.29) is 5.91 Å². The van der Waals surface area contributed by atoms with Crippen LogP contribution in [0.15, 0.2) is 18.2 Å². The number of likely N-dealkylation sites (tertiary alicyclic amines) is 1. The lowest BCUT2D eigenvalue weighted by atomic mass is 9.99. The zero-order chi connectivity index (χ0) is 14.5. The summed E-state index contributed by atoms with van der Waals surface area (Å²) in [5.41, 5.74) is 2.03. The molecule has 1 amide bonds. The van der Waals surface area contributed by atoms with Crippen LogP contribution in [0.25, 0.3) is 0 Å². The highest BCUT2D eigenvalue weighted by atomic mass is 16.5. The SMILES string of the molecule is COc1ccc(C)cc1NCC(=O)N1CCC(C)CC1. The average Bonchev–Trinajstić information content (AvgIpc) is 2.45. The van der Waals surface area contributed by atoms with Gasteiger partial charge in [0.1, 0.15) is 5.75 Å². The summed E-state index contributed by atoms with van der Waals surface area (Å²) in [5.74, 6) is 1.68. The quantitative estimate of drug-likeness (QED) is 0.919. The van der Waals surface area contributed by atoms with Crippen LogP contribution in [0.1, 0.15) is 25.3 Å². The molecule has 1 saturated heterocycles. The molecular formula is C16H24N2O2. The first-order valence-corrected chi connectivity index (χ1v) is 7.26. The molecule has 1 heterocycles. The summed E-state index contributed by atoms with van der Waals surface area (Å²) in [6.07, 6.45) is 2.22. The Morgan fingerprint density at radius 1 is 1.40 bits per heavy atom. The van der Waals surface area contributed by atoms with Crippen molar-refractivity contribution in [3.63, 3.8) is 0 Å². The van der Waals surface area contributed by atoms with Gasteiger partial charge in [-0.15, -0.1) is 0 Å². The Morgan fingerprint density at radius 2 is 2.10 bits per heavy atom. The van der Waals surface area contributed by atoms with Crippen molar-refractivity contribution in [1.29, 1.82) is 0 Å². The van der Waals surface area contributed by atoms with Crippen LogP contribution in [-0.2, 0) is 4.79 Å². The molecule has 0 aliphatic carbocycles. The molecule has 1 fully saturated rings. The molecule has 1 aromatic carbocycles. The third kappa shape index (κ3) is 3.65. The molecule has 20 heavy (non-hydrogen) atoms. The maximum absolute atomic E-state index is 12.2. The number of rotatable bonds is 4. The number of nitrogens with one attached hydrogen (secondary N) is 1. The van der Waals surface area contributed by atoms with E-state index in [1.54, 1.807) is 7.11 Å². The number of aryl methyl sites for hydroxylation is 1. The lowest BCUT2D eigenvalue weighted by molar-refractivity contribution is -0.130. The van der Waals surface area contributed by atoms with Gasteiger partial charge in [-0.1, -0.05) is 13.0 Å². The van der Waals surface area contributed by atoms with Gasteiger partial charge in [0.05, 0.1) is 19.3 Å². The largest absolute Gasteiger partial charge is 0.495 e. The minimum Gasteiger partial charge on any atom is -0.495 e. The number of hydrogen-bond acceptors (Lipinski definition) is 3. The van der Waals surface area contributed by atoms with Crippen molar-refractivity contribution in [2.45, 2.75) is 26.7 Å². The summed E-state index contributed by atoms with van der Waals surface area (Å²) in [6, 6.07) is 5.92. The van der Waals surface area contributed by atoms with Gasteiger partial charge in [0, 0.05) is 13.1 Å². The van der Waals surface area contributed by atoms with Gasteiger partial charge < -0.3 is 15.0 Å². The van der Waals surface area contributed by atoms with E-state index >= 15 is 0 Å². The predicted molar refractivity (Wildman–Crippen MR) is 81.2 cm³/mol. The van der Waals surface area contributed by atoms with Gasteiger partial charge in [0.2, 0.25) is 5.91 Å². The van der Waals surface area contributed by atoms with E-state index < -0.39 is 0 Å². The van der Waals surface area contributed by atoms with Gasteiger partial charge in [-0.05, 0) is 43.4 Å². The molecule has 0 saturated carbocycles. The van der Waals surface area contributed by atoms with Crippen molar-refractivity contribution >= 4 is 11.6 Å². The van der Waals surface area contributed by atoms with Gasteiger partial charge in [-0.3, -0.25) is 4.79 Å². The normalized spacial score (nSPS) is 16.1. The number of carbonyl (C=O) groups excluding carboxylic acids is 1. The summed E-state index contributed by atoms with van der Waals surface area (Å²) in [6.45, 7) is 6.36. The zero-order valence-electron chi connectivity index (χ0n) is 12.6. The monoisotopic (exact) mass is 276 g/mol. The highest BCUT2D eigenvalue weighted by Crippen LogP contribution is 2.25. The third-order valence-corrected chi connectivity index (χ3v) is 3.92.